The number of methoxy groups -OCH3 is 1. The zero-order valence-electron chi connectivity index (χ0n) is 10.8. The van der Waals surface area contributed by atoms with Gasteiger partial charge in [0.2, 0.25) is 0 Å². The highest BCUT2D eigenvalue weighted by Gasteiger charge is 2.13. The van der Waals surface area contributed by atoms with Crippen molar-refractivity contribution in [3.8, 4) is 17.0 Å². The van der Waals surface area contributed by atoms with E-state index in [1.54, 1.807) is 13.2 Å². The lowest BCUT2D eigenvalue weighted by Gasteiger charge is -2.10. The molecule has 1 N–H and O–H groups in total. The van der Waals surface area contributed by atoms with Crippen molar-refractivity contribution in [2.45, 2.75) is 26.4 Å². The molecule has 18 heavy (non-hydrogen) atoms. The van der Waals surface area contributed by atoms with Gasteiger partial charge in [-0.3, -0.25) is 0 Å². The van der Waals surface area contributed by atoms with Crippen LogP contribution in [0.25, 0.3) is 11.3 Å². The summed E-state index contributed by atoms with van der Waals surface area (Å²) >= 11 is 0. The Morgan fingerprint density at radius 2 is 2.11 bits per heavy atom. The summed E-state index contributed by atoms with van der Waals surface area (Å²) in [6, 6.07) is 7.74. The molecule has 1 aromatic heterocycles. The van der Waals surface area contributed by atoms with Crippen LogP contribution in [0.3, 0.4) is 0 Å². The number of rotatable bonds is 4. The summed E-state index contributed by atoms with van der Waals surface area (Å²) in [5, 5.41) is 13.0. The predicted molar refractivity (Wildman–Crippen MR) is 68.5 cm³/mol. The fourth-order valence-electron chi connectivity index (χ4n) is 1.80. The monoisotopic (exact) mass is 247 g/mol. The molecule has 0 atom stereocenters. The van der Waals surface area contributed by atoms with Crippen LogP contribution >= 0.6 is 0 Å². The molecule has 1 aromatic carbocycles. The largest absolute Gasteiger partial charge is 0.496 e. The van der Waals surface area contributed by atoms with Crippen molar-refractivity contribution in [2.75, 3.05) is 7.11 Å². The lowest BCUT2D eigenvalue weighted by Crippen LogP contribution is -1.92. The van der Waals surface area contributed by atoms with Gasteiger partial charge in [0.25, 0.3) is 0 Å². The van der Waals surface area contributed by atoms with Crippen LogP contribution < -0.4 is 4.74 Å². The van der Waals surface area contributed by atoms with E-state index in [-0.39, 0.29) is 6.61 Å². The molecule has 0 radical (unpaired) electrons. The van der Waals surface area contributed by atoms with Gasteiger partial charge in [-0.2, -0.15) is 0 Å². The summed E-state index contributed by atoms with van der Waals surface area (Å²) in [6.07, 6.45) is 0. The molecular weight excluding hydrogens is 230 g/mol. The lowest BCUT2D eigenvalue weighted by atomic mass is 9.99. The molecule has 0 aliphatic heterocycles. The third-order valence-electron chi connectivity index (χ3n) is 2.88. The molecule has 0 bridgehead atoms. The molecule has 1 heterocycles. The van der Waals surface area contributed by atoms with Gasteiger partial charge in [-0.05, 0) is 23.6 Å². The van der Waals surface area contributed by atoms with Gasteiger partial charge in [-0.15, -0.1) is 0 Å². The first kappa shape index (κ1) is 12.6. The Labute approximate surface area is 106 Å². The Hall–Kier alpha value is -1.81. The smallest absolute Gasteiger partial charge is 0.162 e. The maximum absolute atomic E-state index is 9.00. The molecule has 0 saturated heterocycles. The topological polar surface area (TPSA) is 55.5 Å². The van der Waals surface area contributed by atoms with Gasteiger partial charge in [0.15, 0.2) is 5.76 Å². The van der Waals surface area contributed by atoms with E-state index in [2.05, 4.69) is 19.0 Å². The summed E-state index contributed by atoms with van der Waals surface area (Å²) in [4.78, 5) is 0. The molecule has 0 saturated carbocycles. The molecule has 96 valence electrons. The molecule has 0 aliphatic rings. The lowest BCUT2D eigenvalue weighted by molar-refractivity contribution is 0.229. The molecule has 2 rings (SSSR count). The van der Waals surface area contributed by atoms with Gasteiger partial charge in [-0.1, -0.05) is 25.1 Å². The van der Waals surface area contributed by atoms with E-state index < -0.39 is 0 Å². The van der Waals surface area contributed by atoms with Crippen molar-refractivity contribution < 1.29 is 14.4 Å². The molecular formula is C14H17NO3. The Bertz CT molecular complexity index is 532. The first-order valence-electron chi connectivity index (χ1n) is 5.90. The number of benzene rings is 1. The highest BCUT2D eigenvalue weighted by atomic mass is 16.5. The number of hydrogen-bond donors (Lipinski definition) is 1. The minimum Gasteiger partial charge on any atom is -0.496 e. The summed E-state index contributed by atoms with van der Waals surface area (Å²) in [6.45, 7) is 4.11. The van der Waals surface area contributed by atoms with Gasteiger partial charge in [0, 0.05) is 11.6 Å². The molecule has 4 heteroatoms. The number of hydrogen-bond acceptors (Lipinski definition) is 4. The normalized spacial score (nSPS) is 10.9. The van der Waals surface area contributed by atoms with Crippen LogP contribution in [-0.2, 0) is 6.61 Å². The van der Waals surface area contributed by atoms with Crippen LogP contribution in [0, 0.1) is 0 Å². The first-order valence-corrected chi connectivity index (χ1v) is 5.90. The Morgan fingerprint density at radius 3 is 2.67 bits per heavy atom. The van der Waals surface area contributed by atoms with Crippen molar-refractivity contribution in [3.63, 3.8) is 0 Å². The zero-order chi connectivity index (χ0) is 13.1. The van der Waals surface area contributed by atoms with Crippen molar-refractivity contribution in [1.29, 1.82) is 0 Å². The third-order valence-corrected chi connectivity index (χ3v) is 2.88. The van der Waals surface area contributed by atoms with Gasteiger partial charge in [-0.25, -0.2) is 0 Å². The number of aliphatic hydroxyl groups is 1. The van der Waals surface area contributed by atoms with Gasteiger partial charge in [0.1, 0.15) is 18.1 Å². The SMILES string of the molecule is COc1ccc(C(C)C)cc1-c1cc(CO)on1. The highest BCUT2D eigenvalue weighted by Crippen LogP contribution is 2.32. The summed E-state index contributed by atoms with van der Waals surface area (Å²) < 4.78 is 10.3. The molecule has 4 nitrogen and oxygen atoms in total. The second-order valence-electron chi connectivity index (χ2n) is 4.45. The zero-order valence-corrected chi connectivity index (χ0v) is 10.8. The fourth-order valence-corrected chi connectivity index (χ4v) is 1.80. The Balaban J connectivity index is 2.49. The predicted octanol–water partition coefficient (Wildman–Crippen LogP) is 2.97. The van der Waals surface area contributed by atoms with E-state index in [1.165, 1.54) is 5.56 Å². The molecule has 0 amide bonds. The minimum absolute atomic E-state index is 0.154. The average Bonchev–Trinajstić information content (AvgIpc) is 2.86. The van der Waals surface area contributed by atoms with Crippen LogP contribution in [0.4, 0.5) is 0 Å². The standard InChI is InChI=1S/C14H17NO3/c1-9(2)10-4-5-14(17-3)12(6-10)13-7-11(8-16)18-15-13/h4-7,9,16H,8H2,1-3H3. The number of nitrogens with zero attached hydrogens (tertiary/aromatic N) is 1. The molecule has 0 unspecified atom stereocenters. The second-order valence-corrected chi connectivity index (χ2v) is 4.45. The Morgan fingerprint density at radius 1 is 1.33 bits per heavy atom. The van der Waals surface area contributed by atoms with Crippen molar-refractivity contribution >= 4 is 0 Å². The molecule has 0 fully saturated rings. The van der Waals surface area contributed by atoms with E-state index in [0.29, 0.717) is 17.4 Å². The van der Waals surface area contributed by atoms with Crippen LogP contribution in [-0.4, -0.2) is 17.4 Å². The number of aromatic nitrogens is 1. The molecule has 0 spiro atoms. The van der Waals surface area contributed by atoms with E-state index in [1.807, 2.05) is 18.2 Å². The highest BCUT2D eigenvalue weighted by molar-refractivity contribution is 5.68. The summed E-state index contributed by atoms with van der Waals surface area (Å²) in [7, 11) is 1.63. The van der Waals surface area contributed by atoms with Crippen LogP contribution in [0.5, 0.6) is 5.75 Å². The fraction of sp³-hybridized carbons (Fsp3) is 0.357. The van der Waals surface area contributed by atoms with Crippen LogP contribution in [0.2, 0.25) is 0 Å². The minimum atomic E-state index is -0.154. The van der Waals surface area contributed by atoms with Crippen molar-refractivity contribution in [1.82, 2.24) is 5.16 Å². The van der Waals surface area contributed by atoms with Gasteiger partial charge < -0.3 is 14.4 Å². The van der Waals surface area contributed by atoms with Crippen molar-refractivity contribution in [2.24, 2.45) is 0 Å². The van der Waals surface area contributed by atoms with E-state index in [9.17, 15) is 0 Å². The van der Waals surface area contributed by atoms with E-state index in [0.717, 1.165) is 11.3 Å². The maximum Gasteiger partial charge on any atom is 0.162 e. The van der Waals surface area contributed by atoms with E-state index in [4.69, 9.17) is 14.4 Å². The van der Waals surface area contributed by atoms with Gasteiger partial charge >= 0.3 is 0 Å². The van der Waals surface area contributed by atoms with E-state index >= 15 is 0 Å². The maximum atomic E-state index is 9.00. The Kier molecular flexibility index (Phi) is 3.67. The third kappa shape index (κ3) is 2.38. The number of ether oxygens (including phenoxy) is 1. The van der Waals surface area contributed by atoms with Crippen LogP contribution in [0.1, 0.15) is 31.1 Å². The van der Waals surface area contributed by atoms with Crippen LogP contribution in [0.15, 0.2) is 28.8 Å². The quantitative estimate of drug-likeness (QED) is 0.902. The molecule has 2 aromatic rings. The molecule has 0 aliphatic carbocycles. The second kappa shape index (κ2) is 5.23. The van der Waals surface area contributed by atoms with Crippen molar-refractivity contribution in [3.05, 3.63) is 35.6 Å². The van der Waals surface area contributed by atoms with Gasteiger partial charge in [0.05, 0.1) is 7.11 Å². The average molecular weight is 247 g/mol. The summed E-state index contributed by atoms with van der Waals surface area (Å²) in [5.74, 6) is 1.62. The summed E-state index contributed by atoms with van der Waals surface area (Å²) in [5.41, 5.74) is 2.77. The first-order chi connectivity index (χ1) is 8.65. The number of aliphatic hydroxyl groups excluding tert-OH is 1.